The van der Waals surface area contributed by atoms with Crippen LogP contribution in [-0.2, 0) is 0 Å². The molecule has 3 N–H and O–H groups in total. The fourth-order valence-electron chi connectivity index (χ4n) is 1.98. The zero-order valence-electron chi connectivity index (χ0n) is 8.98. The Morgan fingerprint density at radius 1 is 1.06 bits per heavy atom. The van der Waals surface area contributed by atoms with E-state index in [-0.39, 0.29) is 0 Å². The van der Waals surface area contributed by atoms with Crippen molar-refractivity contribution < 1.29 is 0 Å². The number of nitrogens with two attached hydrogens (primary N) is 1. The predicted octanol–water partition coefficient (Wildman–Crippen LogP) is 2.58. The van der Waals surface area contributed by atoms with Gasteiger partial charge in [0.05, 0.1) is 0 Å². The van der Waals surface area contributed by atoms with Crippen molar-refractivity contribution in [3.8, 4) is 11.1 Å². The van der Waals surface area contributed by atoms with Crippen molar-refractivity contribution in [3.05, 3.63) is 54.1 Å². The molecular weight excluding hydrogens is 196 g/mol. The van der Waals surface area contributed by atoms with E-state index in [0.717, 1.165) is 17.8 Å². The summed E-state index contributed by atoms with van der Waals surface area (Å²) in [6.45, 7) is 1.09. The second-order valence-corrected chi connectivity index (χ2v) is 4.17. The largest absolute Gasteiger partial charge is 0.398 e. The van der Waals surface area contributed by atoms with Gasteiger partial charge >= 0.3 is 0 Å². The maximum atomic E-state index is 5.98. The zero-order valence-corrected chi connectivity index (χ0v) is 8.98. The van der Waals surface area contributed by atoms with Gasteiger partial charge in [0, 0.05) is 23.8 Å². The molecule has 2 nitrogen and oxygen atoms in total. The summed E-state index contributed by atoms with van der Waals surface area (Å²) < 4.78 is 0. The van der Waals surface area contributed by atoms with Gasteiger partial charge in [-0.15, -0.1) is 0 Å². The van der Waals surface area contributed by atoms with Gasteiger partial charge in [-0.05, 0) is 23.3 Å². The lowest BCUT2D eigenvalue weighted by Gasteiger charge is -2.07. The van der Waals surface area contributed by atoms with E-state index in [0.29, 0.717) is 6.04 Å². The van der Waals surface area contributed by atoms with Crippen LogP contribution in [0, 0.1) is 0 Å². The van der Waals surface area contributed by atoms with Crippen LogP contribution >= 0.6 is 0 Å². The molecule has 2 aromatic carbocycles. The Bertz CT molecular complexity index is 516. The summed E-state index contributed by atoms with van der Waals surface area (Å²) in [6.07, 6.45) is 0. The maximum Gasteiger partial charge on any atom is 0.0447 e. The number of benzene rings is 2. The van der Waals surface area contributed by atoms with E-state index in [9.17, 15) is 0 Å². The van der Waals surface area contributed by atoms with Crippen LogP contribution in [0.15, 0.2) is 48.5 Å². The third-order valence-corrected chi connectivity index (χ3v) is 2.97. The highest BCUT2D eigenvalue weighted by Crippen LogP contribution is 2.29. The van der Waals surface area contributed by atoms with Crippen molar-refractivity contribution in [3.63, 3.8) is 0 Å². The molecule has 1 heterocycles. The molecule has 0 bridgehead atoms. The number of hydrogen-bond donors (Lipinski definition) is 2. The molecule has 80 valence electrons. The third kappa shape index (κ3) is 1.68. The Morgan fingerprint density at radius 2 is 1.88 bits per heavy atom. The Hall–Kier alpha value is -1.80. The zero-order chi connectivity index (χ0) is 11.0. The lowest BCUT2D eigenvalue weighted by Crippen LogP contribution is -1.90. The fourth-order valence-corrected chi connectivity index (χ4v) is 1.98. The van der Waals surface area contributed by atoms with Crippen molar-refractivity contribution in [2.45, 2.75) is 6.04 Å². The van der Waals surface area contributed by atoms with Crippen molar-refractivity contribution in [1.82, 2.24) is 5.32 Å². The molecule has 0 saturated carbocycles. The molecule has 1 saturated heterocycles. The van der Waals surface area contributed by atoms with E-state index < -0.39 is 0 Å². The van der Waals surface area contributed by atoms with Gasteiger partial charge in [-0.1, -0.05) is 36.4 Å². The summed E-state index contributed by atoms with van der Waals surface area (Å²) in [4.78, 5) is 0. The highest BCUT2D eigenvalue weighted by molar-refractivity contribution is 5.76. The van der Waals surface area contributed by atoms with E-state index in [1.54, 1.807) is 0 Å². The first-order chi connectivity index (χ1) is 7.84. The minimum Gasteiger partial charge on any atom is -0.398 e. The molecule has 1 atom stereocenters. The van der Waals surface area contributed by atoms with Crippen LogP contribution in [0.3, 0.4) is 0 Å². The average Bonchev–Trinajstić information content (AvgIpc) is 3.14. The van der Waals surface area contributed by atoms with Crippen LogP contribution in [-0.4, -0.2) is 6.54 Å². The van der Waals surface area contributed by atoms with Crippen molar-refractivity contribution in [2.24, 2.45) is 0 Å². The van der Waals surface area contributed by atoms with E-state index in [1.165, 1.54) is 11.1 Å². The molecule has 1 fully saturated rings. The lowest BCUT2D eigenvalue weighted by molar-refractivity contribution is 1.08. The van der Waals surface area contributed by atoms with E-state index in [2.05, 4.69) is 35.6 Å². The van der Waals surface area contributed by atoms with E-state index >= 15 is 0 Å². The topological polar surface area (TPSA) is 48.0 Å². The molecular formula is C14H14N2. The van der Waals surface area contributed by atoms with E-state index in [1.807, 2.05) is 18.2 Å². The van der Waals surface area contributed by atoms with Gasteiger partial charge in [-0.3, -0.25) is 0 Å². The minimum atomic E-state index is 0.546. The Balaban J connectivity index is 2.05. The van der Waals surface area contributed by atoms with E-state index in [4.69, 9.17) is 5.73 Å². The van der Waals surface area contributed by atoms with Crippen LogP contribution in [0.4, 0.5) is 5.69 Å². The van der Waals surface area contributed by atoms with Crippen LogP contribution in [0.25, 0.3) is 11.1 Å². The number of nitrogens with one attached hydrogen (secondary N) is 1. The maximum absolute atomic E-state index is 5.98. The summed E-state index contributed by atoms with van der Waals surface area (Å²) in [6, 6.07) is 17.1. The Morgan fingerprint density at radius 3 is 2.62 bits per heavy atom. The highest BCUT2D eigenvalue weighted by atomic mass is 15.1. The van der Waals surface area contributed by atoms with Gasteiger partial charge in [0.1, 0.15) is 0 Å². The molecule has 2 aromatic rings. The fraction of sp³-hybridized carbons (Fsp3) is 0.143. The lowest BCUT2D eigenvalue weighted by atomic mass is 10.0. The predicted molar refractivity (Wildman–Crippen MR) is 67.0 cm³/mol. The monoisotopic (exact) mass is 210 g/mol. The van der Waals surface area contributed by atoms with Crippen LogP contribution in [0.5, 0.6) is 0 Å². The molecule has 0 aromatic heterocycles. The SMILES string of the molecule is Nc1ccccc1-c1cccc([C@@H]2CN2)c1. The summed E-state index contributed by atoms with van der Waals surface area (Å²) >= 11 is 0. The van der Waals surface area contributed by atoms with Gasteiger partial charge in [0.2, 0.25) is 0 Å². The minimum absolute atomic E-state index is 0.546. The molecule has 0 unspecified atom stereocenters. The molecule has 0 aliphatic carbocycles. The number of para-hydroxylation sites is 1. The highest BCUT2D eigenvalue weighted by Gasteiger charge is 2.22. The number of hydrogen-bond acceptors (Lipinski definition) is 2. The first kappa shape index (κ1) is 9.43. The normalized spacial score (nSPS) is 18.4. The van der Waals surface area contributed by atoms with Crippen molar-refractivity contribution in [1.29, 1.82) is 0 Å². The van der Waals surface area contributed by atoms with Gasteiger partial charge in [-0.2, -0.15) is 0 Å². The van der Waals surface area contributed by atoms with Gasteiger partial charge < -0.3 is 11.1 Å². The summed E-state index contributed by atoms with van der Waals surface area (Å²) in [7, 11) is 0. The molecule has 0 spiro atoms. The molecule has 3 rings (SSSR count). The van der Waals surface area contributed by atoms with Crippen LogP contribution in [0.1, 0.15) is 11.6 Å². The third-order valence-electron chi connectivity index (χ3n) is 2.97. The molecule has 1 aliphatic rings. The molecule has 1 aliphatic heterocycles. The second kappa shape index (κ2) is 3.65. The quantitative estimate of drug-likeness (QED) is 0.591. The average molecular weight is 210 g/mol. The number of rotatable bonds is 2. The molecule has 0 radical (unpaired) electrons. The standard InChI is InChI=1S/C14H14N2/c15-13-7-2-1-6-12(13)10-4-3-5-11(8-10)14-9-16-14/h1-8,14,16H,9,15H2/t14-/m0/s1. The van der Waals surface area contributed by atoms with Gasteiger partial charge in [0.15, 0.2) is 0 Å². The van der Waals surface area contributed by atoms with Crippen molar-refractivity contribution in [2.75, 3.05) is 12.3 Å². The first-order valence-corrected chi connectivity index (χ1v) is 5.53. The number of anilines is 1. The Kier molecular flexibility index (Phi) is 2.15. The molecule has 16 heavy (non-hydrogen) atoms. The smallest absolute Gasteiger partial charge is 0.0447 e. The van der Waals surface area contributed by atoms with Gasteiger partial charge in [0.25, 0.3) is 0 Å². The summed E-state index contributed by atoms with van der Waals surface area (Å²) in [5, 5.41) is 3.31. The van der Waals surface area contributed by atoms with Crippen molar-refractivity contribution >= 4 is 5.69 Å². The first-order valence-electron chi connectivity index (χ1n) is 5.53. The van der Waals surface area contributed by atoms with Crippen LogP contribution in [0.2, 0.25) is 0 Å². The van der Waals surface area contributed by atoms with Gasteiger partial charge in [-0.25, -0.2) is 0 Å². The van der Waals surface area contributed by atoms with Crippen LogP contribution < -0.4 is 11.1 Å². The summed E-state index contributed by atoms with van der Waals surface area (Å²) in [5.74, 6) is 0. The Labute approximate surface area is 95.1 Å². The molecule has 0 amide bonds. The second-order valence-electron chi connectivity index (χ2n) is 4.17. The number of nitrogen functional groups attached to an aromatic ring is 1. The molecule has 2 heteroatoms. The summed E-state index contributed by atoms with van der Waals surface area (Å²) in [5.41, 5.74) is 10.5.